The van der Waals surface area contributed by atoms with Crippen molar-refractivity contribution in [3.63, 3.8) is 0 Å². The number of para-hydroxylation sites is 2. The minimum absolute atomic E-state index is 0.00772. The number of fused-ring (bicyclic) bond motifs is 1. The molecule has 2 fully saturated rings. The highest BCUT2D eigenvalue weighted by Gasteiger charge is 2.34. The first-order valence-electron chi connectivity index (χ1n) is 12.1. The summed E-state index contributed by atoms with van der Waals surface area (Å²) in [6.45, 7) is 2.70. The Balaban J connectivity index is 1.25. The fraction of sp³-hybridized carbons (Fsp3) is 0.423. The Morgan fingerprint density at radius 1 is 0.941 bits per heavy atom. The molecule has 0 aliphatic carbocycles. The second kappa shape index (κ2) is 9.75. The summed E-state index contributed by atoms with van der Waals surface area (Å²) in [6.07, 6.45) is 4.02. The van der Waals surface area contributed by atoms with E-state index < -0.39 is 6.10 Å². The first kappa shape index (κ1) is 22.3. The monoisotopic (exact) mass is 462 g/mol. The number of likely N-dealkylation sites (tertiary alicyclic amines) is 1. The third-order valence-corrected chi connectivity index (χ3v) is 6.68. The molecule has 3 heterocycles. The number of carbonyl (C=O) groups excluding carboxylic acids is 3. The maximum atomic E-state index is 13.1. The molecule has 2 aromatic rings. The van der Waals surface area contributed by atoms with Crippen LogP contribution in [-0.2, 0) is 14.4 Å². The number of piperidine rings is 1. The van der Waals surface area contributed by atoms with E-state index >= 15 is 0 Å². The molecule has 2 saturated heterocycles. The predicted molar refractivity (Wildman–Crippen MR) is 130 cm³/mol. The van der Waals surface area contributed by atoms with E-state index in [1.807, 2.05) is 58.3 Å². The summed E-state index contributed by atoms with van der Waals surface area (Å²) in [7, 11) is 0. The third-order valence-electron chi connectivity index (χ3n) is 6.68. The molecule has 2 aromatic carbocycles. The number of nitrogens with one attached hydrogen (secondary N) is 1. The first-order valence-corrected chi connectivity index (χ1v) is 12.1. The Morgan fingerprint density at radius 2 is 1.71 bits per heavy atom. The van der Waals surface area contributed by atoms with Gasteiger partial charge in [0.2, 0.25) is 11.8 Å². The van der Waals surface area contributed by atoms with E-state index in [4.69, 9.17) is 4.74 Å². The summed E-state index contributed by atoms with van der Waals surface area (Å²) in [4.78, 5) is 43.5. The maximum Gasteiger partial charge on any atom is 0.265 e. The van der Waals surface area contributed by atoms with Gasteiger partial charge in [-0.15, -0.1) is 0 Å². The van der Waals surface area contributed by atoms with E-state index in [0.29, 0.717) is 24.4 Å². The van der Waals surface area contributed by atoms with Crippen molar-refractivity contribution in [1.82, 2.24) is 4.90 Å². The van der Waals surface area contributed by atoms with E-state index in [9.17, 15) is 14.4 Å². The SMILES string of the molecule is O=C(CN1C[C@@H](C(=O)N2CCCCC2)Oc2ccccc21)Nc1ccc(N2CCCC2=O)cc1. The van der Waals surface area contributed by atoms with Gasteiger partial charge in [-0.25, -0.2) is 0 Å². The Hall–Kier alpha value is -3.55. The zero-order chi connectivity index (χ0) is 23.5. The number of nitrogens with zero attached hydrogens (tertiary/aromatic N) is 3. The Labute approximate surface area is 199 Å². The molecule has 0 radical (unpaired) electrons. The fourth-order valence-corrected chi connectivity index (χ4v) is 4.92. The van der Waals surface area contributed by atoms with Crippen LogP contribution in [0.2, 0.25) is 0 Å². The van der Waals surface area contributed by atoms with Crippen LogP contribution in [0.15, 0.2) is 48.5 Å². The van der Waals surface area contributed by atoms with E-state index in [1.54, 1.807) is 4.90 Å². The lowest BCUT2D eigenvalue weighted by atomic mass is 10.1. The molecule has 3 amide bonds. The van der Waals surface area contributed by atoms with Crippen LogP contribution in [0.5, 0.6) is 5.75 Å². The summed E-state index contributed by atoms with van der Waals surface area (Å²) < 4.78 is 6.05. The van der Waals surface area contributed by atoms with Crippen LogP contribution >= 0.6 is 0 Å². The number of hydrogen-bond donors (Lipinski definition) is 1. The summed E-state index contributed by atoms with van der Waals surface area (Å²) in [6, 6.07) is 14.9. The second-order valence-corrected chi connectivity index (χ2v) is 9.08. The minimum Gasteiger partial charge on any atom is -0.477 e. The Bertz CT molecular complexity index is 1060. The summed E-state index contributed by atoms with van der Waals surface area (Å²) in [5, 5.41) is 2.94. The Morgan fingerprint density at radius 3 is 2.44 bits per heavy atom. The number of ether oxygens (including phenoxy) is 1. The normalized spacial score (nSPS) is 20.1. The molecule has 0 saturated carbocycles. The van der Waals surface area contributed by atoms with Crippen LogP contribution in [0, 0.1) is 0 Å². The van der Waals surface area contributed by atoms with Gasteiger partial charge in [-0.05, 0) is 62.1 Å². The summed E-state index contributed by atoms with van der Waals surface area (Å²) >= 11 is 0. The van der Waals surface area contributed by atoms with Crippen molar-refractivity contribution in [1.29, 1.82) is 0 Å². The van der Waals surface area contributed by atoms with Crippen LogP contribution in [0.3, 0.4) is 0 Å². The molecule has 8 nitrogen and oxygen atoms in total. The van der Waals surface area contributed by atoms with Crippen molar-refractivity contribution in [2.75, 3.05) is 47.8 Å². The molecule has 0 unspecified atom stereocenters. The number of anilines is 3. The average Bonchev–Trinajstić information content (AvgIpc) is 3.30. The lowest BCUT2D eigenvalue weighted by molar-refractivity contribution is -0.139. The zero-order valence-corrected chi connectivity index (χ0v) is 19.2. The van der Waals surface area contributed by atoms with Gasteiger partial charge in [0, 0.05) is 37.4 Å². The zero-order valence-electron chi connectivity index (χ0n) is 19.2. The van der Waals surface area contributed by atoms with Gasteiger partial charge in [-0.3, -0.25) is 14.4 Å². The number of amides is 3. The van der Waals surface area contributed by atoms with E-state index in [2.05, 4.69) is 5.32 Å². The van der Waals surface area contributed by atoms with E-state index in [0.717, 1.165) is 56.7 Å². The highest BCUT2D eigenvalue weighted by Crippen LogP contribution is 2.33. The van der Waals surface area contributed by atoms with Crippen LogP contribution in [0.25, 0.3) is 0 Å². The van der Waals surface area contributed by atoms with Crippen LogP contribution < -0.4 is 19.9 Å². The molecule has 0 aromatic heterocycles. The second-order valence-electron chi connectivity index (χ2n) is 9.08. The van der Waals surface area contributed by atoms with E-state index in [-0.39, 0.29) is 24.3 Å². The molecule has 178 valence electrons. The van der Waals surface area contributed by atoms with Gasteiger partial charge in [0.15, 0.2) is 6.10 Å². The van der Waals surface area contributed by atoms with Gasteiger partial charge in [0.1, 0.15) is 5.75 Å². The minimum atomic E-state index is -0.627. The van der Waals surface area contributed by atoms with Crippen molar-refractivity contribution in [3.8, 4) is 5.75 Å². The van der Waals surface area contributed by atoms with Gasteiger partial charge in [0.25, 0.3) is 5.91 Å². The van der Waals surface area contributed by atoms with Crippen LogP contribution in [0.1, 0.15) is 32.1 Å². The maximum absolute atomic E-state index is 13.1. The molecule has 8 heteroatoms. The largest absolute Gasteiger partial charge is 0.477 e. The van der Waals surface area contributed by atoms with Crippen LogP contribution in [0.4, 0.5) is 17.1 Å². The molecule has 3 aliphatic heterocycles. The topological polar surface area (TPSA) is 82.2 Å². The number of hydrogen-bond acceptors (Lipinski definition) is 5. The van der Waals surface area contributed by atoms with Crippen LogP contribution in [-0.4, -0.2) is 61.4 Å². The van der Waals surface area contributed by atoms with Gasteiger partial charge < -0.3 is 24.8 Å². The molecule has 3 aliphatic rings. The van der Waals surface area contributed by atoms with Gasteiger partial charge in [-0.2, -0.15) is 0 Å². The van der Waals surface area contributed by atoms with Gasteiger partial charge >= 0.3 is 0 Å². The highest BCUT2D eigenvalue weighted by atomic mass is 16.5. The summed E-state index contributed by atoms with van der Waals surface area (Å²) in [5.74, 6) is 0.575. The number of carbonyl (C=O) groups is 3. The number of benzene rings is 2. The number of rotatable bonds is 5. The van der Waals surface area contributed by atoms with Crippen molar-refractivity contribution >= 4 is 34.8 Å². The molecular weight excluding hydrogens is 432 g/mol. The van der Waals surface area contributed by atoms with E-state index in [1.165, 1.54) is 0 Å². The molecule has 1 N–H and O–H groups in total. The lowest BCUT2D eigenvalue weighted by Crippen LogP contribution is -2.52. The van der Waals surface area contributed by atoms with Crippen molar-refractivity contribution in [2.45, 2.75) is 38.2 Å². The predicted octanol–water partition coefficient (Wildman–Crippen LogP) is 3.03. The first-order chi connectivity index (χ1) is 16.6. The molecule has 1 atom stereocenters. The smallest absolute Gasteiger partial charge is 0.265 e. The molecule has 5 rings (SSSR count). The molecular formula is C26H30N4O4. The lowest BCUT2D eigenvalue weighted by Gasteiger charge is -2.38. The quantitative estimate of drug-likeness (QED) is 0.739. The van der Waals surface area contributed by atoms with Gasteiger partial charge in [-0.1, -0.05) is 12.1 Å². The standard InChI is InChI=1S/C26H30N4O4/c31-24(27-19-10-12-20(13-11-19)30-16-6-9-25(30)32)18-29-17-23(26(33)28-14-4-1-5-15-28)34-22-8-3-2-7-21(22)29/h2-3,7-8,10-13,23H,1,4-6,9,14-18H2,(H,27,31)/t23-/m0/s1. The molecule has 0 spiro atoms. The third kappa shape index (κ3) is 4.71. The highest BCUT2D eigenvalue weighted by molar-refractivity contribution is 5.97. The average molecular weight is 463 g/mol. The summed E-state index contributed by atoms with van der Waals surface area (Å²) in [5.41, 5.74) is 2.33. The van der Waals surface area contributed by atoms with Gasteiger partial charge in [0.05, 0.1) is 18.8 Å². The molecule has 0 bridgehead atoms. The van der Waals surface area contributed by atoms with Crippen molar-refractivity contribution < 1.29 is 19.1 Å². The van der Waals surface area contributed by atoms with Crippen molar-refractivity contribution in [2.24, 2.45) is 0 Å². The molecule has 34 heavy (non-hydrogen) atoms. The fourth-order valence-electron chi connectivity index (χ4n) is 4.92. The Kier molecular flexibility index (Phi) is 6.38. The van der Waals surface area contributed by atoms with Crippen molar-refractivity contribution in [3.05, 3.63) is 48.5 Å².